The fourth-order valence-corrected chi connectivity index (χ4v) is 14.1. The lowest BCUT2D eigenvalue weighted by Gasteiger charge is -2.42. The summed E-state index contributed by atoms with van der Waals surface area (Å²) in [6.07, 6.45) is 2.33. The van der Waals surface area contributed by atoms with E-state index in [4.69, 9.17) is 4.42 Å². The second-order valence-electron chi connectivity index (χ2n) is 23.2. The summed E-state index contributed by atoms with van der Waals surface area (Å²) in [7, 11) is 0.779. The number of benzene rings is 8. The molecule has 0 radical (unpaired) electrons. The largest absolute Gasteiger partial charge is 0.455 e. The van der Waals surface area contributed by atoms with Crippen molar-refractivity contribution in [3.05, 3.63) is 161 Å². The summed E-state index contributed by atoms with van der Waals surface area (Å²) >= 11 is 1.88. The molecule has 0 fully saturated rings. The van der Waals surface area contributed by atoms with Crippen LogP contribution in [-0.2, 0) is 21.7 Å². The molecule has 0 saturated heterocycles. The maximum Gasteiger partial charge on any atom is 0.198 e. The third-order valence-corrected chi connectivity index (χ3v) is 17.9. The number of thiophene rings is 1. The Bertz CT molecular complexity index is 4030. The molecule has 0 spiro atoms. The van der Waals surface area contributed by atoms with Crippen LogP contribution >= 0.6 is 11.3 Å². The molecule has 0 atom stereocenters. The first-order valence-electron chi connectivity index (χ1n) is 24.7. The maximum absolute atomic E-state index is 7.39. The van der Waals surface area contributed by atoms with Crippen molar-refractivity contribution < 1.29 is 4.42 Å². The molecule has 1 N–H and O–H groups in total. The van der Waals surface area contributed by atoms with E-state index in [9.17, 15) is 0 Å². The van der Waals surface area contributed by atoms with Gasteiger partial charge in [0.25, 0.3) is 0 Å². The maximum atomic E-state index is 7.39. The molecule has 3 aromatic heterocycles. The van der Waals surface area contributed by atoms with Crippen LogP contribution in [0.15, 0.2) is 138 Å². The molecular weight excluding hydrogens is 844 g/mol. The van der Waals surface area contributed by atoms with Crippen LogP contribution < -0.4 is 16.2 Å². The van der Waals surface area contributed by atoms with E-state index in [-0.39, 0.29) is 21.7 Å². The molecule has 4 heterocycles. The van der Waals surface area contributed by atoms with Crippen molar-refractivity contribution in [1.82, 2.24) is 4.57 Å². The molecule has 8 aromatic carbocycles. The molecule has 11 aromatic rings. The predicted octanol–water partition coefficient (Wildman–Crippen LogP) is 16.1. The number of hydrogen-bond acceptors (Lipinski definition) is 3. The average molecular weight is 899 g/mol. The Labute approximate surface area is 403 Å². The van der Waals surface area contributed by atoms with Gasteiger partial charge in [-0.15, -0.1) is 11.3 Å². The Kier molecular flexibility index (Phi) is 7.96. The highest BCUT2D eigenvalue weighted by atomic mass is 32.1. The third-order valence-electron chi connectivity index (χ3n) is 16.8. The average Bonchev–Trinajstić information content (AvgIpc) is 4.04. The first-order valence-corrected chi connectivity index (χ1v) is 25.5. The zero-order valence-corrected chi connectivity index (χ0v) is 41.4. The third kappa shape index (κ3) is 5.43. The van der Waals surface area contributed by atoms with Gasteiger partial charge < -0.3 is 14.3 Å². The van der Waals surface area contributed by atoms with Crippen molar-refractivity contribution in [2.75, 3.05) is 5.32 Å². The van der Waals surface area contributed by atoms with E-state index in [1.807, 2.05) is 11.3 Å². The molecule has 0 saturated carbocycles. The summed E-state index contributed by atoms with van der Waals surface area (Å²) in [5.74, 6) is 0. The molecular formula is C63H55BN2OS. The minimum Gasteiger partial charge on any atom is -0.455 e. The van der Waals surface area contributed by atoms with Gasteiger partial charge in [0.15, 0.2) is 7.28 Å². The van der Waals surface area contributed by atoms with Crippen molar-refractivity contribution >= 4 is 105 Å². The van der Waals surface area contributed by atoms with Crippen LogP contribution in [0.5, 0.6) is 0 Å². The lowest BCUT2D eigenvalue weighted by atomic mass is 9.58. The summed E-state index contributed by atoms with van der Waals surface area (Å²) in [5, 5.41) is 11.6. The van der Waals surface area contributed by atoms with Gasteiger partial charge in [-0.05, 0) is 128 Å². The molecule has 332 valence electrons. The molecule has 2 aliphatic carbocycles. The van der Waals surface area contributed by atoms with E-state index >= 15 is 0 Å². The number of nitrogens with one attached hydrogen (secondary N) is 1. The molecule has 1 aliphatic heterocycles. The Morgan fingerprint density at radius 3 is 2.09 bits per heavy atom. The zero-order chi connectivity index (χ0) is 46.4. The van der Waals surface area contributed by atoms with Crippen LogP contribution in [0.1, 0.15) is 103 Å². The van der Waals surface area contributed by atoms with Crippen molar-refractivity contribution in [2.24, 2.45) is 0 Å². The summed E-state index contributed by atoms with van der Waals surface area (Å²) in [6.45, 7) is 21.5. The number of nitrogens with zero attached hydrogens (tertiary/aromatic N) is 1. The lowest BCUT2D eigenvalue weighted by molar-refractivity contribution is 0.332. The number of furan rings is 1. The molecule has 5 heteroatoms. The molecule has 0 unspecified atom stereocenters. The quantitative estimate of drug-likeness (QED) is 0.179. The zero-order valence-electron chi connectivity index (χ0n) is 40.6. The number of anilines is 2. The Morgan fingerprint density at radius 1 is 0.603 bits per heavy atom. The number of fused-ring (bicyclic) bond motifs is 16. The van der Waals surface area contributed by atoms with Crippen molar-refractivity contribution in [1.29, 1.82) is 0 Å². The SMILES string of the molecule is CC(C)(C)c1ccc(Nc2cc3c(cc2-c2c4c5c(c6cc7c(cc6n5-c5cc6c(cc5B4)-c4ccccc4C6(C)C)C(C)(C)CCC7(C)C)c4c2oc2ccccc24)sc2ccccc23)cc1. The number of hydrogen-bond donors (Lipinski definition) is 1. The highest BCUT2D eigenvalue weighted by Crippen LogP contribution is 2.54. The van der Waals surface area contributed by atoms with E-state index in [1.54, 1.807) is 0 Å². The molecule has 68 heavy (non-hydrogen) atoms. The first-order chi connectivity index (χ1) is 32.6. The predicted molar refractivity (Wildman–Crippen MR) is 294 cm³/mol. The van der Waals surface area contributed by atoms with E-state index in [0.29, 0.717) is 0 Å². The Hall–Kier alpha value is -6.56. The van der Waals surface area contributed by atoms with E-state index in [1.165, 1.54) is 119 Å². The molecule has 3 aliphatic rings. The Balaban J connectivity index is 1.16. The fraction of sp³-hybridized carbons (Fsp3) is 0.238. The monoisotopic (exact) mass is 898 g/mol. The second kappa shape index (κ2) is 13.4. The van der Waals surface area contributed by atoms with Gasteiger partial charge in [-0.3, -0.25) is 0 Å². The van der Waals surface area contributed by atoms with Gasteiger partial charge in [0, 0.05) is 75.3 Å². The van der Waals surface area contributed by atoms with Gasteiger partial charge >= 0.3 is 0 Å². The van der Waals surface area contributed by atoms with Crippen LogP contribution in [0.2, 0.25) is 0 Å². The highest BCUT2D eigenvalue weighted by molar-refractivity contribution is 7.25. The van der Waals surface area contributed by atoms with Gasteiger partial charge in [-0.25, -0.2) is 0 Å². The minimum atomic E-state index is -0.129. The van der Waals surface area contributed by atoms with Crippen molar-refractivity contribution in [2.45, 2.75) is 96.8 Å². The Morgan fingerprint density at radius 2 is 1.31 bits per heavy atom. The van der Waals surface area contributed by atoms with Gasteiger partial charge in [-0.2, -0.15) is 0 Å². The molecule has 0 bridgehead atoms. The van der Waals surface area contributed by atoms with E-state index in [0.717, 1.165) is 42.7 Å². The topological polar surface area (TPSA) is 30.1 Å². The van der Waals surface area contributed by atoms with Crippen LogP contribution in [0.4, 0.5) is 11.4 Å². The van der Waals surface area contributed by atoms with Crippen LogP contribution in [0.3, 0.4) is 0 Å². The molecule has 3 nitrogen and oxygen atoms in total. The van der Waals surface area contributed by atoms with E-state index < -0.39 is 0 Å². The minimum absolute atomic E-state index is 0.0474. The van der Waals surface area contributed by atoms with Gasteiger partial charge in [0.1, 0.15) is 11.2 Å². The summed E-state index contributed by atoms with van der Waals surface area (Å²) in [5.41, 5.74) is 22.8. The normalized spacial score (nSPS) is 16.4. The van der Waals surface area contributed by atoms with Crippen LogP contribution in [-0.4, -0.2) is 11.8 Å². The number of aromatic nitrogens is 1. The van der Waals surface area contributed by atoms with Crippen molar-refractivity contribution in [3.8, 4) is 27.9 Å². The molecule has 0 amide bonds. The van der Waals surface area contributed by atoms with Gasteiger partial charge in [-0.1, -0.05) is 147 Å². The number of para-hydroxylation sites is 1. The van der Waals surface area contributed by atoms with Crippen molar-refractivity contribution in [3.63, 3.8) is 0 Å². The van der Waals surface area contributed by atoms with Gasteiger partial charge in [0.2, 0.25) is 0 Å². The smallest absolute Gasteiger partial charge is 0.198 e. The van der Waals surface area contributed by atoms with Gasteiger partial charge in [0.05, 0.1) is 11.0 Å². The molecule has 14 rings (SSSR count). The highest BCUT2D eigenvalue weighted by Gasteiger charge is 2.41. The summed E-state index contributed by atoms with van der Waals surface area (Å²) in [4.78, 5) is 0. The fourth-order valence-electron chi connectivity index (χ4n) is 12.9. The number of rotatable bonds is 3. The summed E-state index contributed by atoms with van der Waals surface area (Å²) in [6, 6.07) is 51.1. The van der Waals surface area contributed by atoms with Crippen LogP contribution in [0, 0.1) is 0 Å². The first kappa shape index (κ1) is 40.5. The van der Waals surface area contributed by atoms with E-state index in [2.05, 4.69) is 206 Å². The lowest BCUT2D eigenvalue weighted by Crippen LogP contribution is -2.38. The standard InChI is InChI=1S/C63H55BN2OS/c1-60(2,3)34-22-24-35(25-23-34)65-48-30-40-37-17-12-15-21-52(37)68-53(40)31-41(48)56-57-58-54(55-38-18-11-14-20-51(38)67-59(55)56)42-28-45-46(62(6,7)27-26-61(45,4)5)33-49(42)66(58)50-32-44-39(29-47(50)64-57)36-16-10-13-19-43(36)63(44,8)9/h10-25,28-33,64-65H,26-27H2,1-9H3. The second-order valence-corrected chi connectivity index (χ2v) is 24.3. The summed E-state index contributed by atoms with van der Waals surface area (Å²) < 4.78 is 12.7. The van der Waals surface area contributed by atoms with Crippen LogP contribution in [0.25, 0.3) is 91.9 Å².